The van der Waals surface area contributed by atoms with E-state index in [0.717, 1.165) is 25.7 Å². The molecule has 0 fully saturated rings. The Morgan fingerprint density at radius 1 is 0.486 bits per heavy atom. The fraction of sp³-hybridized carbons (Fsp3) is 0.394. The summed E-state index contributed by atoms with van der Waals surface area (Å²) in [6.45, 7) is 37.5. The molecule has 0 aromatic heterocycles. The quantitative estimate of drug-likeness (QED) is 0.126. The molecule has 6 aromatic carbocycles. The number of fused-ring (bicyclic) bond motifs is 5. The predicted octanol–water partition coefficient (Wildman–Crippen LogP) is 17.4. The van der Waals surface area contributed by atoms with Gasteiger partial charge in [0.2, 0.25) is 0 Å². The fourth-order valence-corrected chi connectivity index (χ4v) is 40.6. The van der Waals surface area contributed by atoms with Gasteiger partial charge in [-0.3, -0.25) is 0 Å². The predicted molar refractivity (Wildman–Crippen MR) is 310 cm³/mol. The van der Waals surface area contributed by atoms with Crippen molar-refractivity contribution in [2.45, 2.75) is 165 Å². The summed E-state index contributed by atoms with van der Waals surface area (Å²) in [6.07, 6.45) is 9.12. The van der Waals surface area contributed by atoms with Crippen LogP contribution < -0.4 is 13.6 Å². The topological polar surface area (TPSA) is 0 Å². The average molecular weight is 1060 g/mol. The Bertz CT molecular complexity index is 2920. The van der Waals surface area contributed by atoms with Crippen LogP contribution in [-0.4, -0.2) is 9.52 Å². The van der Waals surface area contributed by atoms with Gasteiger partial charge in [-0.15, -0.1) is 0 Å². The number of hydrogen-bond acceptors (Lipinski definition) is 0. The molecule has 2 unspecified atom stereocenters. The van der Waals surface area contributed by atoms with Crippen molar-refractivity contribution < 1.29 is 16.4 Å². The van der Waals surface area contributed by atoms with Crippen LogP contribution in [0, 0.1) is 13.8 Å². The molecular formula is C66H79Cl2SiZr. The number of rotatable bonds is 9. The molecule has 0 nitrogen and oxygen atoms in total. The Balaban J connectivity index is 1.38. The number of benzene rings is 6. The molecule has 1 aliphatic heterocycles. The Kier molecular flexibility index (Phi) is 13.1. The van der Waals surface area contributed by atoms with Gasteiger partial charge in [-0.1, -0.05) is 0 Å². The first-order chi connectivity index (χ1) is 32.7. The third kappa shape index (κ3) is 8.63. The van der Waals surface area contributed by atoms with Gasteiger partial charge in [0.25, 0.3) is 0 Å². The zero-order valence-corrected chi connectivity index (χ0v) is 50.8. The summed E-state index contributed by atoms with van der Waals surface area (Å²) < 4.78 is 1.08. The summed E-state index contributed by atoms with van der Waals surface area (Å²) in [6, 6.07) is 40.8. The van der Waals surface area contributed by atoms with Crippen molar-refractivity contribution >= 4 is 52.3 Å². The summed E-state index contributed by atoms with van der Waals surface area (Å²) >= 11 is -5.78. The SMILES string of the molecule is CCCC1=Cc2c(ccc(C)c2-c2cc(C(C)(C)C)cc(C(C)(C)C)c2)[CH]1[Zr]([Cl])([Cl])([c]1cccc2c1[SiH2]c1ccccc1-2)[CH]1C(CCC)=Cc2c1ccc(C)c2-c1cc(C(C)(C)C)cc(C(C)(C)C)c1. The Morgan fingerprint density at radius 2 is 0.886 bits per heavy atom. The van der Waals surface area contributed by atoms with Crippen molar-refractivity contribution in [3.05, 3.63) is 170 Å². The Morgan fingerprint density at radius 3 is 1.29 bits per heavy atom. The van der Waals surface area contributed by atoms with E-state index in [1.807, 2.05) is 0 Å². The van der Waals surface area contributed by atoms with Gasteiger partial charge in [0.05, 0.1) is 0 Å². The first kappa shape index (κ1) is 51.4. The van der Waals surface area contributed by atoms with Gasteiger partial charge in [0.15, 0.2) is 0 Å². The molecule has 2 aliphatic carbocycles. The number of halogens is 2. The van der Waals surface area contributed by atoms with Crippen molar-refractivity contribution in [1.82, 2.24) is 0 Å². The summed E-state index contributed by atoms with van der Waals surface area (Å²) in [5.41, 5.74) is 24.2. The molecule has 0 bridgehead atoms. The summed E-state index contributed by atoms with van der Waals surface area (Å²) in [5, 5.41) is 2.98. The van der Waals surface area contributed by atoms with Gasteiger partial charge in [-0.05, 0) is 0 Å². The van der Waals surface area contributed by atoms with Crippen LogP contribution >= 0.6 is 17.0 Å². The van der Waals surface area contributed by atoms with E-state index in [4.69, 9.17) is 0 Å². The Hall–Kier alpha value is -3.52. The van der Waals surface area contributed by atoms with E-state index in [1.165, 1.54) is 114 Å². The summed E-state index contributed by atoms with van der Waals surface area (Å²) in [7, 11) is 18.3. The van der Waals surface area contributed by atoms with Gasteiger partial charge < -0.3 is 0 Å². The van der Waals surface area contributed by atoms with Crippen LogP contribution in [0.3, 0.4) is 0 Å². The monoisotopic (exact) mass is 1060 g/mol. The van der Waals surface area contributed by atoms with Crippen molar-refractivity contribution in [2.75, 3.05) is 0 Å². The van der Waals surface area contributed by atoms with Crippen molar-refractivity contribution in [2.24, 2.45) is 0 Å². The number of aryl methyl sites for hydroxylation is 2. The van der Waals surface area contributed by atoms with Crippen molar-refractivity contribution in [3.63, 3.8) is 0 Å². The average Bonchev–Trinajstić information content (AvgIpc) is 3.97. The molecule has 0 saturated heterocycles. The molecular weight excluding hydrogens is 983 g/mol. The maximum absolute atomic E-state index is 9.61. The maximum atomic E-state index is 9.61. The third-order valence-corrected chi connectivity index (χ3v) is 39.2. The van der Waals surface area contributed by atoms with Gasteiger partial charge in [0, 0.05) is 0 Å². The first-order valence-corrected chi connectivity index (χ1v) is 38.3. The van der Waals surface area contributed by atoms with E-state index in [2.05, 4.69) is 226 Å². The molecule has 3 aliphatic rings. The van der Waals surface area contributed by atoms with Crippen LogP contribution in [0.4, 0.5) is 0 Å². The van der Waals surface area contributed by atoms with Crippen LogP contribution in [0.2, 0.25) is 0 Å². The van der Waals surface area contributed by atoms with Crippen LogP contribution in [0.1, 0.15) is 186 Å². The Labute approximate surface area is 433 Å². The molecule has 6 aromatic rings. The number of allylic oxidation sites excluding steroid dienone is 2. The summed E-state index contributed by atoms with van der Waals surface area (Å²) in [5.74, 6) is 0. The second kappa shape index (κ2) is 17.9. The van der Waals surface area contributed by atoms with E-state index in [1.54, 1.807) is 0 Å². The molecule has 0 N–H and O–H groups in total. The van der Waals surface area contributed by atoms with E-state index >= 15 is 0 Å². The second-order valence-electron chi connectivity index (χ2n) is 25.7. The van der Waals surface area contributed by atoms with E-state index in [0.29, 0.717) is 0 Å². The second-order valence-corrected chi connectivity index (χ2v) is 48.2. The standard InChI is InChI=1S/2C27H35.C12H9Si.2ClH.Zr/c2*1-9-10-19-13-20-12-11-18(2)25(24(20)14-19)21-15-22(26(3,4)5)17-23(16-21)27(6,7)8;1-3-7-11-9(5-1)10-6-2-4-8-12(10)13-11;;;/h2*11-17H,9-10H2,1-8H3;1-7H,13H2;2*1H;/q;;;;;+2/p-2. The minimum absolute atomic E-state index is 0.0118. The van der Waals surface area contributed by atoms with Crippen LogP contribution in [0.25, 0.3) is 45.5 Å². The van der Waals surface area contributed by atoms with Gasteiger partial charge in [-0.2, -0.15) is 0 Å². The zero-order chi connectivity index (χ0) is 50.7. The molecule has 0 saturated carbocycles. The van der Waals surface area contributed by atoms with Crippen LogP contribution in [-0.2, 0) is 38.1 Å². The molecule has 0 radical (unpaired) electrons. The van der Waals surface area contributed by atoms with Gasteiger partial charge in [-0.25, -0.2) is 0 Å². The van der Waals surface area contributed by atoms with E-state index in [9.17, 15) is 17.0 Å². The van der Waals surface area contributed by atoms with Crippen molar-refractivity contribution in [3.8, 4) is 33.4 Å². The molecule has 2 atom stereocenters. The zero-order valence-electron chi connectivity index (χ0n) is 45.4. The fourth-order valence-electron chi connectivity index (χ4n) is 12.6. The summed E-state index contributed by atoms with van der Waals surface area (Å²) in [4.78, 5) is 0. The van der Waals surface area contributed by atoms with E-state index in [-0.39, 0.29) is 28.9 Å². The first-order valence-electron chi connectivity index (χ1n) is 26.4. The normalized spacial score (nSPS) is 17.7. The van der Waals surface area contributed by atoms with E-state index < -0.39 is 25.9 Å². The van der Waals surface area contributed by atoms with Crippen LogP contribution in [0.5, 0.6) is 0 Å². The molecule has 70 heavy (non-hydrogen) atoms. The molecule has 0 amide bonds. The molecule has 1 heterocycles. The molecule has 9 rings (SSSR count). The molecule has 4 heteroatoms. The minimum atomic E-state index is -5.78. The van der Waals surface area contributed by atoms with Crippen molar-refractivity contribution in [1.29, 1.82) is 0 Å². The van der Waals surface area contributed by atoms with Gasteiger partial charge in [0.1, 0.15) is 0 Å². The molecule has 365 valence electrons. The third-order valence-electron chi connectivity index (χ3n) is 16.4. The van der Waals surface area contributed by atoms with Gasteiger partial charge >= 0.3 is 437 Å². The van der Waals surface area contributed by atoms with Crippen LogP contribution in [0.15, 0.2) is 114 Å². The molecule has 0 spiro atoms. The number of hydrogen-bond donors (Lipinski definition) is 0.